The number of hydrogen-bond donors (Lipinski definition) is 6. The van der Waals surface area contributed by atoms with E-state index in [4.69, 9.17) is 39.4 Å². The van der Waals surface area contributed by atoms with Crippen LogP contribution in [0, 0.1) is 34.1 Å². The van der Waals surface area contributed by atoms with Crippen LogP contribution < -0.4 is 41.4 Å². The number of anilines is 12. The number of rotatable bonds is 22. The third-order valence-corrected chi connectivity index (χ3v) is 26.2. The minimum atomic E-state index is -0.589. The summed E-state index contributed by atoms with van der Waals surface area (Å²) < 4.78 is 16.2. The average Bonchev–Trinajstić information content (AvgIpc) is 1.55. The van der Waals surface area contributed by atoms with Crippen molar-refractivity contribution in [2.45, 2.75) is 88.9 Å². The van der Waals surface area contributed by atoms with Crippen molar-refractivity contribution in [3.05, 3.63) is 295 Å². The number of benzene rings is 4. The first-order valence-corrected chi connectivity index (χ1v) is 44.6. The number of hydrogen-bond acceptors (Lipinski definition) is 32. The summed E-state index contributed by atoms with van der Waals surface area (Å²) in [4.78, 5) is 93.5. The largest absolute Gasteiger partial charge is 0.430 e. The number of ether oxygens (including phenoxy) is 2. The molecule has 0 spiro atoms. The Hall–Kier alpha value is -15.5. The highest BCUT2D eigenvalue weighted by atomic mass is 32.1. The fourth-order valence-corrected chi connectivity index (χ4v) is 19.1. The summed E-state index contributed by atoms with van der Waals surface area (Å²) in [7, 11) is 0. The Balaban J connectivity index is 0.000000104. The Morgan fingerprint density at radius 1 is 0.328 bits per heavy atom. The predicted molar refractivity (Wildman–Crippen MR) is 504 cm³/mol. The zero-order valence-electron chi connectivity index (χ0n) is 68.2. The fourth-order valence-electron chi connectivity index (χ4n) is 14.4. The summed E-state index contributed by atoms with van der Waals surface area (Å²) in [6.45, 7) is 3.73. The maximum atomic E-state index is 11.5. The molecule has 4 saturated carbocycles. The van der Waals surface area contributed by atoms with Crippen LogP contribution in [0.4, 0.5) is 80.7 Å². The van der Waals surface area contributed by atoms with E-state index < -0.39 is 9.85 Å². The van der Waals surface area contributed by atoms with E-state index in [2.05, 4.69) is 130 Å². The van der Waals surface area contributed by atoms with Gasteiger partial charge in [-0.15, -0.1) is 45.3 Å². The fraction of sp³-hybridized carbons (Fsp3) is 0.149. The molecule has 30 nitrogen and oxygen atoms in total. The number of fused-ring (bicyclic) bond motifs is 8. The quantitative estimate of drug-likeness (QED) is 0.0271. The number of nitro groups is 2. The minimum Gasteiger partial charge on any atom is -0.430 e. The molecule has 0 aliphatic heterocycles. The molecule has 628 valence electrons. The molecule has 0 amide bonds. The van der Waals surface area contributed by atoms with Crippen LogP contribution in [-0.2, 0) is 0 Å². The zero-order chi connectivity index (χ0) is 86.3. The van der Waals surface area contributed by atoms with Gasteiger partial charge in [-0.3, -0.25) is 29.9 Å². The molecule has 6 N–H and O–H groups in total. The molecule has 34 heteroatoms. The molecule has 4 aromatic carbocycles. The molecule has 128 heavy (non-hydrogen) atoms. The molecular weight excluding hydrogens is 1690 g/mol. The summed E-state index contributed by atoms with van der Waals surface area (Å²) in [6.07, 6.45) is 25.3. The molecule has 0 unspecified atom stereocenters. The van der Waals surface area contributed by atoms with Gasteiger partial charge in [0.15, 0.2) is 0 Å². The van der Waals surface area contributed by atoms with Crippen LogP contribution in [0.5, 0.6) is 23.3 Å². The van der Waals surface area contributed by atoms with Gasteiger partial charge in [-0.05, 0) is 247 Å². The topological polar surface area (TPSA) is 383 Å². The third kappa shape index (κ3) is 18.0. The van der Waals surface area contributed by atoms with Crippen molar-refractivity contribution in [3.63, 3.8) is 0 Å². The van der Waals surface area contributed by atoms with E-state index >= 15 is 0 Å². The number of aromatic nitrogens is 16. The Bertz CT molecular complexity index is 7700. The second-order valence-electron chi connectivity index (χ2n) is 31.1. The number of pyridine rings is 12. The number of thiazole rings is 4. The molecule has 16 aromatic heterocycles. The van der Waals surface area contributed by atoms with Crippen LogP contribution in [0.25, 0.3) is 84.5 Å². The molecule has 0 saturated heterocycles. The van der Waals surface area contributed by atoms with Gasteiger partial charge >= 0.3 is 11.6 Å². The average molecular weight is 1760 g/mol. The summed E-state index contributed by atoms with van der Waals surface area (Å²) in [5.74, 6) is 6.24. The molecule has 4 aliphatic carbocycles. The second kappa shape index (κ2) is 34.5. The maximum Gasteiger partial charge on any atom is 0.407 e. The molecule has 20 aromatic rings. The van der Waals surface area contributed by atoms with Crippen molar-refractivity contribution in [1.82, 2.24) is 79.7 Å². The first-order valence-electron chi connectivity index (χ1n) is 41.4. The molecule has 16 heterocycles. The van der Waals surface area contributed by atoms with E-state index in [1.807, 2.05) is 116 Å². The first-order chi connectivity index (χ1) is 62.7. The van der Waals surface area contributed by atoms with Crippen LogP contribution in [0.2, 0.25) is 0 Å². The Labute approximate surface area is 744 Å². The molecule has 0 atom stereocenters. The standard InChI is InChI=1S/C24H18N6O3S.C24H20N6S.C23H16N6O3S.C23H18N6S/c1-13-4-9-19(23(26-13)30(31)32)33-21-12-18-16(3-2-10-25-18)22(29-21)27-15-7-8-17-20(11-15)34-24(28-17)14-5-6-14;1-14-8-10-25-13-20(14)28-22-12-19-17(3-2-9-26-19)23(30-22)27-16-6-7-18-21(11-16)31-24(29-18)15-4-5-15;30-29(31)22-18(4-2-10-25-22)32-20-12-17-15(3-1-9-24-17)21(28-20)26-14-7-8-16-19(11-14)33-23(27-16)13-5-6-13;1-3-16(13-24-9-1)26-21-12-19-17(4-2-10-25-19)22(29-21)27-15-7-8-18-20(11-15)30-23(28-18)14-5-6-14/h2-4,7-12,14H,5-6H2,1H3,(H,27,29);2-3,6-13,15H,4-5H2,1H3,(H2,27,28,30);1-4,7-13H,5-6H2,(H,26,28);1-4,7-14H,5-6H2,(H2,26,27,29). The molecule has 0 bridgehead atoms. The maximum absolute atomic E-state index is 11.5. The van der Waals surface area contributed by atoms with Gasteiger partial charge in [0, 0.05) is 136 Å². The van der Waals surface area contributed by atoms with Crippen molar-refractivity contribution in [2.24, 2.45) is 0 Å². The third-order valence-electron chi connectivity index (χ3n) is 21.5. The summed E-state index contributed by atoms with van der Waals surface area (Å²) in [5, 5.41) is 51.6. The number of aryl methyl sites for hydroxylation is 2. The zero-order valence-corrected chi connectivity index (χ0v) is 71.5. The lowest BCUT2D eigenvalue weighted by atomic mass is 10.2. The highest BCUT2D eigenvalue weighted by molar-refractivity contribution is 7.19. The summed E-state index contributed by atoms with van der Waals surface area (Å²) >= 11 is 7.05. The van der Waals surface area contributed by atoms with Crippen LogP contribution >= 0.6 is 45.3 Å². The highest BCUT2D eigenvalue weighted by Gasteiger charge is 2.31. The summed E-state index contributed by atoms with van der Waals surface area (Å²) in [6, 6.07) is 59.3. The number of nitrogens with zero attached hydrogens (tertiary/aromatic N) is 18. The minimum absolute atomic E-state index is 0.00918. The Kier molecular flexibility index (Phi) is 21.5. The smallest absolute Gasteiger partial charge is 0.407 e. The number of nitrogens with one attached hydrogen (secondary N) is 6. The van der Waals surface area contributed by atoms with Gasteiger partial charge in [-0.25, -0.2) is 29.9 Å². The van der Waals surface area contributed by atoms with Crippen LogP contribution in [0.1, 0.15) is 106 Å². The van der Waals surface area contributed by atoms with Gasteiger partial charge in [-0.2, -0.15) is 9.97 Å². The van der Waals surface area contributed by atoms with Crippen molar-refractivity contribution >= 4 is 210 Å². The molecule has 4 fully saturated rings. The Morgan fingerprint density at radius 3 is 1.10 bits per heavy atom. The van der Waals surface area contributed by atoms with E-state index in [0.717, 1.165) is 121 Å². The van der Waals surface area contributed by atoms with Gasteiger partial charge in [0.25, 0.3) is 0 Å². The van der Waals surface area contributed by atoms with E-state index in [1.165, 1.54) is 99.1 Å². The SMILES string of the molecule is Cc1ccc(Oc2cc3ncccc3c(Nc3ccc4nc(C5CC5)sc4c3)n2)c([N+](=O)[O-])n1.Cc1ccncc1Nc1cc2ncccc2c(Nc2ccc3nc(C4CC4)sc3c2)n1.O=[N+]([O-])c1ncccc1Oc1cc2ncccc2c(Nc2ccc3nc(C4CC4)sc3c2)n1.c1cncc(Nc2cc3ncccc3c(Nc3ccc4nc(C5CC5)sc4c3)n2)c1. The van der Waals surface area contributed by atoms with E-state index in [-0.39, 0.29) is 34.9 Å². The molecule has 4 aliphatic rings. The van der Waals surface area contributed by atoms with Crippen LogP contribution in [0.3, 0.4) is 0 Å². The van der Waals surface area contributed by atoms with Gasteiger partial charge in [-0.1, -0.05) is 0 Å². The molecular formula is C94H72N24O6S4. The van der Waals surface area contributed by atoms with E-state index in [9.17, 15) is 20.2 Å². The van der Waals surface area contributed by atoms with Crippen molar-refractivity contribution in [2.75, 3.05) is 31.9 Å². The predicted octanol–water partition coefficient (Wildman–Crippen LogP) is 24.5. The normalized spacial score (nSPS) is 13.5. The second-order valence-corrected chi connectivity index (χ2v) is 35.4. The highest BCUT2D eigenvalue weighted by Crippen LogP contribution is 2.49. The Morgan fingerprint density at radius 2 is 0.703 bits per heavy atom. The van der Waals surface area contributed by atoms with Gasteiger partial charge in [0.2, 0.25) is 23.3 Å². The van der Waals surface area contributed by atoms with Crippen molar-refractivity contribution in [3.8, 4) is 23.3 Å². The van der Waals surface area contributed by atoms with Crippen molar-refractivity contribution < 1.29 is 19.3 Å². The van der Waals surface area contributed by atoms with Crippen LogP contribution in [0.15, 0.2) is 244 Å². The first kappa shape index (κ1) is 79.6. The lowest BCUT2D eigenvalue weighted by molar-refractivity contribution is -0.390. The molecule has 0 radical (unpaired) electrons. The van der Waals surface area contributed by atoms with E-state index in [1.54, 1.807) is 120 Å². The van der Waals surface area contributed by atoms with Gasteiger partial charge < -0.3 is 61.6 Å². The van der Waals surface area contributed by atoms with E-state index in [0.29, 0.717) is 57.9 Å². The summed E-state index contributed by atoms with van der Waals surface area (Å²) in [5.41, 5.74) is 14.3. The van der Waals surface area contributed by atoms with Crippen LogP contribution in [-0.4, -0.2) is 89.6 Å². The van der Waals surface area contributed by atoms with Crippen molar-refractivity contribution in [1.29, 1.82) is 0 Å². The monoisotopic (exact) mass is 1760 g/mol. The molecule has 24 rings (SSSR count). The van der Waals surface area contributed by atoms with Gasteiger partial charge in [0.05, 0.1) is 107 Å². The lowest BCUT2D eigenvalue weighted by Crippen LogP contribution is -2.01. The lowest BCUT2D eigenvalue weighted by Gasteiger charge is -2.13. The van der Waals surface area contributed by atoms with Gasteiger partial charge in [0.1, 0.15) is 46.8 Å².